The summed E-state index contributed by atoms with van der Waals surface area (Å²) in [6.45, 7) is 5.55. The maximum atomic E-state index is 13.0. The summed E-state index contributed by atoms with van der Waals surface area (Å²) < 4.78 is 2.32. The fraction of sp³-hybridized carbons (Fsp3) is 0.312. The molecule has 1 heterocycles. The zero-order valence-corrected chi connectivity index (χ0v) is 21.0. The molecule has 2 aliphatic carbocycles. The van der Waals surface area contributed by atoms with Gasteiger partial charge in [-0.15, -0.1) is 0 Å². The average Bonchev–Trinajstić information content (AvgIpc) is 3.84. The molecule has 36 heavy (non-hydrogen) atoms. The molecule has 6 rings (SSSR count). The van der Waals surface area contributed by atoms with Crippen molar-refractivity contribution < 1.29 is 4.79 Å². The minimum absolute atomic E-state index is 0.0440. The highest BCUT2D eigenvalue weighted by Gasteiger charge is 2.44. The minimum Gasteiger partial charge on any atom is -0.348 e. The molecule has 0 spiro atoms. The third-order valence-corrected chi connectivity index (χ3v) is 8.14. The Kier molecular flexibility index (Phi) is 5.45. The highest BCUT2D eigenvalue weighted by Crippen LogP contribution is 2.47. The van der Waals surface area contributed by atoms with Crippen molar-refractivity contribution in [2.24, 2.45) is 0 Å². The molecule has 0 radical (unpaired) electrons. The van der Waals surface area contributed by atoms with Gasteiger partial charge in [-0.1, -0.05) is 48.5 Å². The molecule has 3 aromatic carbocycles. The van der Waals surface area contributed by atoms with Crippen LogP contribution in [0.1, 0.15) is 75.5 Å². The molecule has 0 atom stereocenters. The minimum atomic E-state index is -0.277. The predicted octanol–water partition coefficient (Wildman–Crippen LogP) is 6.67. The second kappa shape index (κ2) is 8.68. The van der Waals surface area contributed by atoms with Crippen LogP contribution >= 0.6 is 0 Å². The number of benzene rings is 3. The zero-order valence-electron chi connectivity index (χ0n) is 21.0. The van der Waals surface area contributed by atoms with Crippen molar-refractivity contribution in [2.45, 2.75) is 64.0 Å². The van der Waals surface area contributed by atoms with Gasteiger partial charge in [-0.05, 0) is 91.5 Å². The van der Waals surface area contributed by atoms with E-state index in [4.69, 9.17) is 0 Å². The summed E-state index contributed by atoms with van der Waals surface area (Å²) in [6, 6.07) is 25.6. The van der Waals surface area contributed by atoms with Crippen LogP contribution in [-0.4, -0.2) is 10.5 Å². The molecule has 2 aliphatic rings. The first-order chi connectivity index (χ1) is 17.5. The van der Waals surface area contributed by atoms with Gasteiger partial charge >= 0.3 is 0 Å². The molecule has 4 aromatic rings. The van der Waals surface area contributed by atoms with E-state index in [0.717, 1.165) is 41.4 Å². The lowest BCUT2D eigenvalue weighted by Crippen LogP contribution is -2.22. The summed E-state index contributed by atoms with van der Waals surface area (Å²) in [4.78, 5) is 13.0. The number of carbonyl (C=O) groups is 1. The van der Waals surface area contributed by atoms with Crippen LogP contribution in [0.25, 0.3) is 10.9 Å². The fourth-order valence-electron chi connectivity index (χ4n) is 5.39. The van der Waals surface area contributed by atoms with E-state index in [2.05, 4.69) is 84.4 Å². The number of nitrogens with zero attached hydrogens (tertiary/aromatic N) is 2. The molecule has 1 amide bonds. The molecule has 0 unspecified atom stereocenters. The van der Waals surface area contributed by atoms with E-state index >= 15 is 0 Å². The van der Waals surface area contributed by atoms with Gasteiger partial charge in [0.25, 0.3) is 5.91 Å². The van der Waals surface area contributed by atoms with Crippen molar-refractivity contribution in [2.75, 3.05) is 0 Å². The Labute approximate surface area is 212 Å². The summed E-state index contributed by atoms with van der Waals surface area (Å²) in [5.41, 5.74) is 8.81. The van der Waals surface area contributed by atoms with Gasteiger partial charge in [-0.25, -0.2) is 0 Å². The number of amides is 1. The van der Waals surface area contributed by atoms with E-state index < -0.39 is 0 Å². The first kappa shape index (κ1) is 22.6. The van der Waals surface area contributed by atoms with Crippen molar-refractivity contribution >= 4 is 16.8 Å². The van der Waals surface area contributed by atoms with Crippen LogP contribution < -0.4 is 5.32 Å². The van der Waals surface area contributed by atoms with Crippen molar-refractivity contribution in [1.29, 1.82) is 5.26 Å². The van der Waals surface area contributed by atoms with Gasteiger partial charge in [-0.3, -0.25) is 4.79 Å². The first-order valence-electron chi connectivity index (χ1n) is 12.9. The van der Waals surface area contributed by atoms with Crippen molar-refractivity contribution in [3.63, 3.8) is 0 Å². The fourth-order valence-corrected chi connectivity index (χ4v) is 5.39. The van der Waals surface area contributed by atoms with Crippen LogP contribution in [0.3, 0.4) is 0 Å². The number of hydrogen-bond donors (Lipinski definition) is 1. The number of fused-ring (bicyclic) bond motifs is 1. The molecule has 2 fully saturated rings. The SMILES string of the molecule is Cc1c(C)n(Cc2cccc(C3(C#N)CC3)c2)c2ccc(C(=O)NCc3cccc(C4CC4)c3)cc12. The Bertz CT molecular complexity index is 1530. The zero-order chi connectivity index (χ0) is 24.9. The topological polar surface area (TPSA) is 57.8 Å². The van der Waals surface area contributed by atoms with E-state index in [-0.39, 0.29) is 11.3 Å². The Hall–Kier alpha value is -3.84. The van der Waals surface area contributed by atoms with Crippen LogP contribution in [0, 0.1) is 25.2 Å². The van der Waals surface area contributed by atoms with Crippen LogP contribution in [-0.2, 0) is 18.5 Å². The summed E-state index contributed by atoms with van der Waals surface area (Å²) in [5.74, 6) is 0.666. The number of nitriles is 1. The number of aromatic nitrogens is 1. The average molecular weight is 474 g/mol. The summed E-state index contributed by atoms with van der Waals surface area (Å²) in [5, 5.41) is 13.8. The molecule has 0 saturated heterocycles. The van der Waals surface area contributed by atoms with Gasteiger partial charge in [0.15, 0.2) is 0 Å². The van der Waals surface area contributed by atoms with Gasteiger partial charge in [0.2, 0.25) is 0 Å². The summed E-state index contributed by atoms with van der Waals surface area (Å²) >= 11 is 0. The van der Waals surface area contributed by atoms with Gasteiger partial charge in [0.05, 0.1) is 11.5 Å². The number of nitrogens with one attached hydrogen (secondary N) is 1. The lowest BCUT2D eigenvalue weighted by molar-refractivity contribution is 0.0951. The number of carbonyl (C=O) groups excluding carboxylic acids is 1. The van der Waals surface area contributed by atoms with E-state index in [1.54, 1.807) is 0 Å². The number of aryl methyl sites for hydroxylation is 1. The molecule has 0 aliphatic heterocycles. The molecule has 0 bridgehead atoms. The van der Waals surface area contributed by atoms with Crippen molar-refractivity contribution in [3.05, 3.63) is 106 Å². The normalized spacial score (nSPS) is 16.0. The second-order valence-corrected chi connectivity index (χ2v) is 10.6. The van der Waals surface area contributed by atoms with Gasteiger partial charge < -0.3 is 9.88 Å². The van der Waals surface area contributed by atoms with Gasteiger partial charge in [-0.2, -0.15) is 5.26 Å². The standard InChI is InChI=1S/C32H31N3O/c1-21-22(2)35(19-24-6-4-8-28(16-24)32(20-33)13-14-32)30-12-11-27(17-29(21)30)31(36)34-18-23-5-3-7-26(15-23)25-9-10-25/h3-8,11-12,15-17,25H,9-10,13-14,18-19H2,1-2H3,(H,34,36). The summed E-state index contributed by atoms with van der Waals surface area (Å²) in [6.07, 6.45) is 4.46. The quantitative estimate of drug-likeness (QED) is 0.326. The smallest absolute Gasteiger partial charge is 0.251 e. The largest absolute Gasteiger partial charge is 0.348 e. The Morgan fingerprint density at radius 3 is 2.56 bits per heavy atom. The molecular weight excluding hydrogens is 442 g/mol. The molecule has 4 heteroatoms. The predicted molar refractivity (Wildman–Crippen MR) is 143 cm³/mol. The maximum absolute atomic E-state index is 13.0. The molecule has 1 aromatic heterocycles. The molecule has 180 valence electrons. The molecule has 1 N–H and O–H groups in total. The van der Waals surface area contributed by atoms with Gasteiger partial charge in [0, 0.05) is 35.2 Å². The lowest BCUT2D eigenvalue weighted by atomic mass is 9.96. The molecule has 4 nitrogen and oxygen atoms in total. The van der Waals surface area contributed by atoms with Crippen LogP contribution in [0.15, 0.2) is 66.7 Å². The molecule has 2 saturated carbocycles. The Balaban J connectivity index is 1.22. The third-order valence-electron chi connectivity index (χ3n) is 8.14. The van der Waals surface area contributed by atoms with Gasteiger partial charge in [0.1, 0.15) is 0 Å². The Morgan fingerprint density at radius 2 is 1.81 bits per heavy atom. The lowest BCUT2D eigenvalue weighted by Gasteiger charge is -2.12. The van der Waals surface area contributed by atoms with E-state index in [9.17, 15) is 10.1 Å². The van der Waals surface area contributed by atoms with Crippen LogP contribution in [0.4, 0.5) is 0 Å². The second-order valence-electron chi connectivity index (χ2n) is 10.6. The van der Waals surface area contributed by atoms with Crippen molar-refractivity contribution in [1.82, 2.24) is 9.88 Å². The van der Waals surface area contributed by atoms with Crippen LogP contribution in [0.2, 0.25) is 0 Å². The number of hydrogen-bond acceptors (Lipinski definition) is 2. The highest BCUT2D eigenvalue weighted by molar-refractivity contribution is 5.99. The van der Waals surface area contributed by atoms with E-state index in [1.807, 2.05) is 12.1 Å². The van der Waals surface area contributed by atoms with Crippen molar-refractivity contribution in [3.8, 4) is 6.07 Å². The number of rotatable bonds is 7. The van der Waals surface area contributed by atoms with E-state index in [1.165, 1.54) is 35.2 Å². The molecular formula is C32H31N3O. The first-order valence-corrected chi connectivity index (χ1v) is 12.9. The third kappa shape index (κ3) is 4.09. The highest BCUT2D eigenvalue weighted by atomic mass is 16.1. The Morgan fingerprint density at radius 1 is 1.03 bits per heavy atom. The monoisotopic (exact) mass is 473 g/mol. The summed E-state index contributed by atoms with van der Waals surface area (Å²) in [7, 11) is 0. The van der Waals surface area contributed by atoms with Crippen LogP contribution in [0.5, 0.6) is 0 Å². The van der Waals surface area contributed by atoms with E-state index in [0.29, 0.717) is 18.0 Å². The maximum Gasteiger partial charge on any atom is 0.251 e.